The minimum Gasteiger partial charge on any atom is -0.394 e. The Kier molecular flexibility index (Phi) is 5.51. The lowest BCUT2D eigenvalue weighted by Crippen LogP contribution is -2.50. The van der Waals surface area contributed by atoms with Gasteiger partial charge in [-0.15, -0.1) is 0 Å². The fourth-order valence-corrected chi connectivity index (χ4v) is 2.31. The summed E-state index contributed by atoms with van der Waals surface area (Å²) >= 11 is 0. The minimum absolute atomic E-state index is 0.0974. The van der Waals surface area contributed by atoms with Crippen molar-refractivity contribution < 1.29 is 10.2 Å². The molecule has 0 unspecified atom stereocenters. The molecule has 0 radical (unpaired) electrons. The zero-order valence-corrected chi connectivity index (χ0v) is 12.4. The predicted molar refractivity (Wildman–Crippen MR) is 85.3 cm³/mol. The lowest BCUT2D eigenvalue weighted by atomic mass is 9.90. The van der Waals surface area contributed by atoms with Gasteiger partial charge in [0.05, 0.1) is 18.8 Å². The predicted octanol–water partition coefficient (Wildman–Crippen LogP) is 2.15. The van der Waals surface area contributed by atoms with E-state index < -0.39 is 5.54 Å². The number of hydrogen-bond donors (Lipinski definition) is 3. The van der Waals surface area contributed by atoms with Gasteiger partial charge in [0.25, 0.3) is 0 Å². The normalized spacial score (nSPS) is 11.8. The highest BCUT2D eigenvalue weighted by Gasteiger charge is 2.24. The molecule has 2 aromatic rings. The van der Waals surface area contributed by atoms with Crippen molar-refractivity contribution in [1.29, 1.82) is 0 Å². The van der Waals surface area contributed by atoms with Crippen LogP contribution in [0.15, 0.2) is 60.7 Å². The van der Waals surface area contributed by atoms with Crippen LogP contribution in [0.4, 0.5) is 0 Å². The molecule has 0 amide bonds. The Morgan fingerprint density at radius 3 is 1.67 bits per heavy atom. The van der Waals surface area contributed by atoms with Gasteiger partial charge in [0.1, 0.15) is 0 Å². The molecule has 0 bridgehead atoms. The molecule has 21 heavy (non-hydrogen) atoms. The summed E-state index contributed by atoms with van der Waals surface area (Å²) in [5.74, 6) is 0.185. The van der Waals surface area contributed by atoms with Crippen LogP contribution in [0, 0.1) is 0 Å². The highest BCUT2D eigenvalue weighted by Crippen LogP contribution is 2.24. The summed E-state index contributed by atoms with van der Waals surface area (Å²) in [5.41, 5.74) is 1.77. The third-order valence-corrected chi connectivity index (χ3v) is 3.83. The van der Waals surface area contributed by atoms with Crippen LogP contribution < -0.4 is 5.32 Å². The van der Waals surface area contributed by atoms with E-state index in [1.54, 1.807) is 0 Å². The maximum Gasteiger partial charge on any atom is 0.0633 e. The second kappa shape index (κ2) is 7.36. The summed E-state index contributed by atoms with van der Waals surface area (Å²) in [6.45, 7) is 2.28. The zero-order valence-electron chi connectivity index (χ0n) is 12.4. The molecular formula is C18H23NO2. The average Bonchev–Trinajstić information content (AvgIpc) is 2.57. The van der Waals surface area contributed by atoms with Crippen LogP contribution >= 0.6 is 0 Å². The van der Waals surface area contributed by atoms with Gasteiger partial charge in [-0.1, -0.05) is 60.7 Å². The molecule has 0 heterocycles. The molecule has 0 aliphatic heterocycles. The molecule has 112 valence electrons. The van der Waals surface area contributed by atoms with Crippen LogP contribution in [0.3, 0.4) is 0 Å². The Bertz CT molecular complexity index is 484. The number of aliphatic hydroxyl groups excluding tert-OH is 2. The van der Waals surface area contributed by atoms with E-state index >= 15 is 0 Å². The smallest absolute Gasteiger partial charge is 0.0633 e. The van der Waals surface area contributed by atoms with Crippen molar-refractivity contribution in [1.82, 2.24) is 5.32 Å². The Balaban J connectivity index is 2.22. The summed E-state index contributed by atoms with van der Waals surface area (Å²) in [6.07, 6.45) is 0. The van der Waals surface area contributed by atoms with Crippen molar-refractivity contribution in [2.75, 3.05) is 19.8 Å². The van der Waals surface area contributed by atoms with E-state index in [-0.39, 0.29) is 19.1 Å². The van der Waals surface area contributed by atoms with Crippen LogP contribution in [-0.2, 0) is 0 Å². The maximum atomic E-state index is 9.42. The molecule has 3 nitrogen and oxygen atoms in total. The first kappa shape index (κ1) is 15.7. The van der Waals surface area contributed by atoms with E-state index in [2.05, 4.69) is 29.6 Å². The van der Waals surface area contributed by atoms with Gasteiger partial charge in [-0.2, -0.15) is 0 Å². The molecule has 0 aliphatic rings. The number of benzene rings is 2. The van der Waals surface area contributed by atoms with Crippen molar-refractivity contribution in [2.45, 2.75) is 18.4 Å². The van der Waals surface area contributed by atoms with Gasteiger partial charge in [0.2, 0.25) is 0 Å². The molecular weight excluding hydrogens is 262 g/mol. The number of hydrogen-bond acceptors (Lipinski definition) is 3. The molecule has 3 N–H and O–H groups in total. The second-order valence-corrected chi connectivity index (χ2v) is 5.63. The molecule has 0 saturated carbocycles. The number of rotatable bonds is 7. The van der Waals surface area contributed by atoms with Gasteiger partial charge in [-0.3, -0.25) is 0 Å². The van der Waals surface area contributed by atoms with Crippen LogP contribution in [0.1, 0.15) is 24.0 Å². The second-order valence-electron chi connectivity index (χ2n) is 5.63. The molecule has 0 aromatic heterocycles. The fraction of sp³-hybridized carbons (Fsp3) is 0.333. The monoisotopic (exact) mass is 285 g/mol. The lowest BCUT2D eigenvalue weighted by molar-refractivity contribution is 0.104. The molecule has 0 saturated heterocycles. The van der Waals surface area contributed by atoms with Crippen molar-refractivity contribution in [3.8, 4) is 0 Å². The Labute approximate surface area is 126 Å². The molecule has 0 atom stereocenters. The summed E-state index contributed by atoms with van der Waals surface area (Å²) < 4.78 is 0. The van der Waals surface area contributed by atoms with E-state index in [4.69, 9.17) is 0 Å². The fourth-order valence-electron chi connectivity index (χ4n) is 2.31. The van der Waals surface area contributed by atoms with E-state index in [0.29, 0.717) is 6.54 Å². The van der Waals surface area contributed by atoms with Gasteiger partial charge in [0, 0.05) is 12.5 Å². The van der Waals surface area contributed by atoms with Crippen LogP contribution in [-0.4, -0.2) is 35.5 Å². The third kappa shape index (κ3) is 4.14. The van der Waals surface area contributed by atoms with Gasteiger partial charge < -0.3 is 15.5 Å². The summed E-state index contributed by atoms with van der Waals surface area (Å²) in [6, 6.07) is 20.6. The first-order chi connectivity index (χ1) is 10.2. The van der Waals surface area contributed by atoms with Crippen molar-refractivity contribution >= 4 is 0 Å². The van der Waals surface area contributed by atoms with Gasteiger partial charge in [-0.25, -0.2) is 0 Å². The topological polar surface area (TPSA) is 52.5 Å². The summed E-state index contributed by atoms with van der Waals surface area (Å²) in [5, 5.41) is 22.1. The Hall–Kier alpha value is -1.68. The van der Waals surface area contributed by atoms with Crippen LogP contribution in [0.25, 0.3) is 0 Å². The molecule has 0 aliphatic carbocycles. The SMILES string of the molecule is CC(CO)(CO)NCC(c1ccccc1)c1ccccc1. The van der Waals surface area contributed by atoms with Crippen molar-refractivity contribution in [3.63, 3.8) is 0 Å². The quantitative estimate of drug-likeness (QED) is 0.730. The molecule has 0 fully saturated rings. The zero-order chi connectivity index (χ0) is 15.1. The van der Waals surface area contributed by atoms with Crippen LogP contribution in [0.2, 0.25) is 0 Å². The lowest BCUT2D eigenvalue weighted by Gasteiger charge is -2.29. The highest BCUT2D eigenvalue weighted by atomic mass is 16.3. The van der Waals surface area contributed by atoms with Crippen LogP contribution in [0.5, 0.6) is 0 Å². The highest BCUT2D eigenvalue weighted by molar-refractivity contribution is 5.32. The molecule has 3 heteroatoms. The Morgan fingerprint density at radius 2 is 1.29 bits per heavy atom. The van der Waals surface area contributed by atoms with Gasteiger partial charge in [0.15, 0.2) is 0 Å². The molecule has 0 spiro atoms. The van der Waals surface area contributed by atoms with Crippen molar-refractivity contribution in [3.05, 3.63) is 71.8 Å². The summed E-state index contributed by atoms with van der Waals surface area (Å²) in [4.78, 5) is 0. The van der Waals surface area contributed by atoms with E-state index in [1.807, 2.05) is 43.3 Å². The van der Waals surface area contributed by atoms with Crippen molar-refractivity contribution in [2.24, 2.45) is 0 Å². The molecule has 2 rings (SSSR count). The largest absolute Gasteiger partial charge is 0.394 e. The first-order valence-corrected chi connectivity index (χ1v) is 7.25. The van der Waals surface area contributed by atoms with Gasteiger partial charge in [-0.05, 0) is 18.1 Å². The van der Waals surface area contributed by atoms with Gasteiger partial charge >= 0.3 is 0 Å². The first-order valence-electron chi connectivity index (χ1n) is 7.25. The average molecular weight is 285 g/mol. The van der Waals surface area contributed by atoms with E-state index in [1.165, 1.54) is 11.1 Å². The summed E-state index contributed by atoms with van der Waals surface area (Å²) in [7, 11) is 0. The van der Waals surface area contributed by atoms with E-state index in [0.717, 1.165) is 0 Å². The number of aliphatic hydroxyl groups is 2. The minimum atomic E-state index is -0.665. The third-order valence-electron chi connectivity index (χ3n) is 3.83. The molecule has 2 aromatic carbocycles. The number of nitrogens with one attached hydrogen (secondary N) is 1. The standard InChI is InChI=1S/C18H23NO2/c1-18(13-20,14-21)19-12-17(15-8-4-2-5-9-15)16-10-6-3-7-11-16/h2-11,17,19-21H,12-14H2,1H3. The van der Waals surface area contributed by atoms with E-state index in [9.17, 15) is 10.2 Å². The Morgan fingerprint density at radius 1 is 0.857 bits per heavy atom. The maximum absolute atomic E-state index is 9.42.